The molecular formula is C9H23NO. The SMILES string of the molecule is CC.CCCOCCCCN. The molecule has 0 aromatic carbocycles. The van der Waals surface area contributed by atoms with Crippen LogP contribution < -0.4 is 5.73 Å². The summed E-state index contributed by atoms with van der Waals surface area (Å²) in [7, 11) is 0. The maximum atomic E-state index is 5.29. The average molecular weight is 161 g/mol. The molecule has 2 nitrogen and oxygen atoms in total. The first-order valence-corrected chi connectivity index (χ1v) is 4.69. The monoisotopic (exact) mass is 161 g/mol. The summed E-state index contributed by atoms with van der Waals surface area (Å²) in [6.07, 6.45) is 3.31. The van der Waals surface area contributed by atoms with Crippen LogP contribution in [0, 0.1) is 0 Å². The molecule has 0 amide bonds. The van der Waals surface area contributed by atoms with Gasteiger partial charge in [-0.15, -0.1) is 0 Å². The predicted octanol–water partition coefficient (Wildman–Crippen LogP) is 2.18. The van der Waals surface area contributed by atoms with E-state index in [2.05, 4.69) is 6.92 Å². The molecule has 0 aliphatic rings. The largest absolute Gasteiger partial charge is 0.381 e. The van der Waals surface area contributed by atoms with Crippen LogP contribution in [0.25, 0.3) is 0 Å². The van der Waals surface area contributed by atoms with Gasteiger partial charge >= 0.3 is 0 Å². The van der Waals surface area contributed by atoms with Gasteiger partial charge in [-0.25, -0.2) is 0 Å². The van der Waals surface area contributed by atoms with E-state index in [1.165, 1.54) is 0 Å². The van der Waals surface area contributed by atoms with E-state index in [1.807, 2.05) is 13.8 Å². The van der Waals surface area contributed by atoms with Crippen LogP contribution in [-0.2, 0) is 4.74 Å². The molecule has 2 heteroatoms. The Morgan fingerprint density at radius 1 is 1.09 bits per heavy atom. The Bertz CT molecular complexity index is 42.8. The van der Waals surface area contributed by atoms with Gasteiger partial charge in [0.1, 0.15) is 0 Å². The number of ether oxygens (including phenoxy) is 1. The third-order valence-electron chi connectivity index (χ3n) is 1.09. The van der Waals surface area contributed by atoms with Crippen LogP contribution in [0.4, 0.5) is 0 Å². The van der Waals surface area contributed by atoms with Crippen molar-refractivity contribution in [2.75, 3.05) is 19.8 Å². The molecule has 0 bridgehead atoms. The van der Waals surface area contributed by atoms with E-state index in [4.69, 9.17) is 10.5 Å². The Hall–Kier alpha value is -0.0800. The van der Waals surface area contributed by atoms with E-state index >= 15 is 0 Å². The van der Waals surface area contributed by atoms with Crippen molar-refractivity contribution >= 4 is 0 Å². The van der Waals surface area contributed by atoms with Gasteiger partial charge < -0.3 is 10.5 Å². The van der Waals surface area contributed by atoms with Crippen LogP contribution in [0.2, 0.25) is 0 Å². The third-order valence-corrected chi connectivity index (χ3v) is 1.09. The molecule has 0 saturated carbocycles. The van der Waals surface area contributed by atoms with Gasteiger partial charge in [-0.2, -0.15) is 0 Å². The summed E-state index contributed by atoms with van der Waals surface area (Å²) in [6, 6.07) is 0. The van der Waals surface area contributed by atoms with Crippen molar-refractivity contribution in [3.8, 4) is 0 Å². The van der Waals surface area contributed by atoms with Crippen LogP contribution in [0.15, 0.2) is 0 Å². The molecule has 0 spiro atoms. The molecule has 2 N–H and O–H groups in total. The van der Waals surface area contributed by atoms with Crippen LogP contribution >= 0.6 is 0 Å². The highest BCUT2D eigenvalue weighted by Crippen LogP contribution is 1.88. The minimum Gasteiger partial charge on any atom is -0.381 e. The molecule has 0 radical (unpaired) electrons. The first-order chi connectivity index (χ1) is 5.41. The van der Waals surface area contributed by atoms with Crippen molar-refractivity contribution in [1.82, 2.24) is 0 Å². The summed E-state index contributed by atoms with van der Waals surface area (Å²) in [5.41, 5.74) is 5.29. The van der Waals surface area contributed by atoms with E-state index < -0.39 is 0 Å². The molecule has 0 aliphatic carbocycles. The van der Waals surface area contributed by atoms with Gasteiger partial charge in [0.2, 0.25) is 0 Å². The zero-order valence-corrected chi connectivity index (χ0v) is 8.23. The van der Waals surface area contributed by atoms with Crippen molar-refractivity contribution in [1.29, 1.82) is 0 Å². The topological polar surface area (TPSA) is 35.2 Å². The van der Waals surface area contributed by atoms with Gasteiger partial charge in [0.15, 0.2) is 0 Å². The molecular weight excluding hydrogens is 138 g/mol. The van der Waals surface area contributed by atoms with Crippen molar-refractivity contribution < 1.29 is 4.74 Å². The summed E-state index contributed by atoms with van der Waals surface area (Å²) >= 11 is 0. The summed E-state index contributed by atoms with van der Waals surface area (Å²) in [4.78, 5) is 0. The van der Waals surface area contributed by atoms with Gasteiger partial charge in [-0.1, -0.05) is 20.8 Å². The lowest BCUT2D eigenvalue weighted by molar-refractivity contribution is 0.131. The standard InChI is InChI=1S/C7H17NO.C2H6/c1-2-6-9-7-4-3-5-8;1-2/h2-8H2,1H3;1-2H3. The Morgan fingerprint density at radius 3 is 2.18 bits per heavy atom. The zero-order valence-electron chi connectivity index (χ0n) is 8.23. The smallest absolute Gasteiger partial charge is 0.0466 e. The lowest BCUT2D eigenvalue weighted by atomic mass is 10.3. The first kappa shape index (κ1) is 13.5. The second kappa shape index (κ2) is 16.5. The fourth-order valence-corrected chi connectivity index (χ4v) is 0.595. The zero-order chi connectivity index (χ0) is 8.95. The molecule has 0 atom stereocenters. The average Bonchev–Trinajstić information content (AvgIpc) is 2.08. The van der Waals surface area contributed by atoms with Gasteiger partial charge in [0.25, 0.3) is 0 Å². The highest BCUT2D eigenvalue weighted by atomic mass is 16.5. The highest BCUT2D eigenvalue weighted by molar-refractivity contribution is 4.38. The number of nitrogens with two attached hydrogens (primary N) is 1. The van der Waals surface area contributed by atoms with Gasteiger partial charge in [-0.3, -0.25) is 0 Å². The fourth-order valence-electron chi connectivity index (χ4n) is 0.595. The van der Waals surface area contributed by atoms with Crippen LogP contribution in [0.5, 0.6) is 0 Å². The summed E-state index contributed by atoms with van der Waals surface area (Å²) in [5.74, 6) is 0. The maximum Gasteiger partial charge on any atom is 0.0466 e. The van der Waals surface area contributed by atoms with Crippen molar-refractivity contribution in [3.05, 3.63) is 0 Å². The second-order valence-electron chi connectivity index (χ2n) is 2.11. The summed E-state index contributed by atoms with van der Waals surface area (Å²) in [5, 5.41) is 0. The van der Waals surface area contributed by atoms with E-state index in [9.17, 15) is 0 Å². The highest BCUT2D eigenvalue weighted by Gasteiger charge is 1.84. The van der Waals surface area contributed by atoms with Crippen LogP contribution in [0.3, 0.4) is 0 Å². The summed E-state index contributed by atoms with van der Waals surface area (Å²) < 4.78 is 5.23. The molecule has 11 heavy (non-hydrogen) atoms. The second-order valence-corrected chi connectivity index (χ2v) is 2.11. The lowest BCUT2D eigenvalue weighted by Gasteiger charge is -1.99. The normalized spacial score (nSPS) is 8.73. The molecule has 0 fully saturated rings. The van der Waals surface area contributed by atoms with Gasteiger partial charge in [0, 0.05) is 13.2 Å². The van der Waals surface area contributed by atoms with Crippen LogP contribution in [-0.4, -0.2) is 19.8 Å². The first-order valence-electron chi connectivity index (χ1n) is 4.69. The quantitative estimate of drug-likeness (QED) is 0.606. The lowest BCUT2D eigenvalue weighted by Crippen LogP contribution is -2.02. The Morgan fingerprint density at radius 2 is 1.73 bits per heavy atom. The predicted molar refractivity (Wildman–Crippen MR) is 50.7 cm³/mol. The molecule has 0 saturated heterocycles. The van der Waals surface area contributed by atoms with Crippen molar-refractivity contribution in [3.63, 3.8) is 0 Å². The minimum absolute atomic E-state index is 0.787. The van der Waals surface area contributed by atoms with Crippen LogP contribution in [0.1, 0.15) is 40.0 Å². The Labute approximate surface area is 71.1 Å². The molecule has 0 aliphatic heterocycles. The maximum absolute atomic E-state index is 5.29. The molecule has 0 unspecified atom stereocenters. The fraction of sp³-hybridized carbons (Fsp3) is 1.00. The van der Waals surface area contributed by atoms with E-state index in [-0.39, 0.29) is 0 Å². The van der Waals surface area contributed by atoms with Gasteiger partial charge in [-0.05, 0) is 25.8 Å². The van der Waals surface area contributed by atoms with Gasteiger partial charge in [0.05, 0.1) is 0 Å². The molecule has 0 aromatic heterocycles. The summed E-state index contributed by atoms with van der Waals surface area (Å²) in [6.45, 7) is 8.67. The number of hydrogen-bond acceptors (Lipinski definition) is 2. The molecule has 0 rings (SSSR count). The number of rotatable bonds is 6. The van der Waals surface area contributed by atoms with Crippen molar-refractivity contribution in [2.24, 2.45) is 5.73 Å². The van der Waals surface area contributed by atoms with E-state index in [0.717, 1.165) is 39.0 Å². The van der Waals surface area contributed by atoms with E-state index in [0.29, 0.717) is 0 Å². The molecule has 0 heterocycles. The number of hydrogen-bond donors (Lipinski definition) is 1. The van der Waals surface area contributed by atoms with E-state index in [1.54, 1.807) is 0 Å². The third kappa shape index (κ3) is 17.8. The van der Waals surface area contributed by atoms with Crippen molar-refractivity contribution in [2.45, 2.75) is 40.0 Å². The molecule has 0 aromatic rings. The number of unbranched alkanes of at least 4 members (excludes halogenated alkanes) is 1. The molecule has 70 valence electrons. The Balaban J connectivity index is 0. The minimum atomic E-state index is 0.787. The Kier molecular flexibility index (Phi) is 20.2.